The predicted octanol–water partition coefficient (Wildman–Crippen LogP) is 3.80. The average Bonchev–Trinajstić information content (AvgIpc) is 2.34. The molecule has 0 spiro atoms. The lowest BCUT2D eigenvalue weighted by atomic mass is 10.2. The molecule has 0 heterocycles. The molecule has 2 rings (SSSR count). The molecule has 0 fully saturated rings. The Morgan fingerprint density at radius 3 is 2.72 bits per heavy atom. The summed E-state index contributed by atoms with van der Waals surface area (Å²) >= 11 is 5.88. The topological polar surface area (TPSA) is 32.6 Å². The van der Waals surface area contributed by atoms with Gasteiger partial charge in [-0.25, -0.2) is 4.39 Å². The van der Waals surface area contributed by atoms with Crippen molar-refractivity contribution < 1.29 is 9.50 Å². The maximum Gasteiger partial charge on any atom is 0.124 e. The molecule has 2 aromatic rings. The summed E-state index contributed by atoms with van der Waals surface area (Å²) in [6, 6.07) is 11.1. The van der Waals surface area contributed by atoms with Crippen molar-refractivity contribution in [2.75, 3.05) is 0 Å². The fourth-order valence-corrected chi connectivity index (χ4v) is 1.72. The first-order valence-corrected chi connectivity index (χ1v) is 5.76. The van der Waals surface area contributed by atoms with Crippen LogP contribution in [0.25, 0.3) is 0 Å². The number of aliphatic imine (C=N–C) groups is 1. The summed E-state index contributed by atoms with van der Waals surface area (Å²) in [5, 5.41) is 9.88. The zero-order valence-corrected chi connectivity index (χ0v) is 10.2. The fourth-order valence-electron chi connectivity index (χ4n) is 1.49. The van der Waals surface area contributed by atoms with Crippen LogP contribution in [-0.2, 0) is 6.54 Å². The minimum absolute atomic E-state index is 0.173. The molecule has 2 aromatic carbocycles. The van der Waals surface area contributed by atoms with Crippen molar-refractivity contribution in [2.45, 2.75) is 6.54 Å². The maximum atomic E-state index is 12.8. The molecule has 0 amide bonds. The van der Waals surface area contributed by atoms with Crippen molar-refractivity contribution in [2.24, 2.45) is 4.99 Å². The van der Waals surface area contributed by atoms with Gasteiger partial charge in [-0.15, -0.1) is 0 Å². The highest BCUT2D eigenvalue weighted by Gasteiger charge is 2.00. The van der Waals surface area contributed by atoms with Crippen LogP contribution in [0.5, 0.6) is 5.75 Å². The third-order valence-electron chi connectivity index (χ3n) is 2.44. The average molecular weight is 264 g/mol. The molecule has 0 aliphatic rings. The minimum atomic E-state index is -0.367. The van der Waals surface area contributed by atoms with E-state index < -0.39 is 0 Å². The second-order valence-electron chi connectivity index (χ2n) is 3.76. The third-order valence-corrected chi connectivity index (χ3v) is 2.80. The fraction of sp³-hybridized carbons (Fsp3) is 0.0714. The van der Waals surface area contributed by atoms with Gasteiger partial charge in [-0.3, -0.25) is 4.99 Å². The third kappa shape index (κ3) is 3.08. The van der Waals surface area contributed by atoms with Gasteiger partial charge in [-0.1, -0.05) is 29.8 Å². The number of para-hydroxylation sites is 1. The number of nitrogens with zero attached hydrogens (tertiary/aromatic N) is 1. The second-order valence-corrected chi connectivity index (χ2v) is 4.17. The molecule has 0 aromatic heterocycles. The van der Waals surface area contributed by atoms with Crippen LogP contribution in [0, 0.1) is 5.82 Å². The molecule has 0 radical (unpaired) electrons. The zero-order valence-electron chi connectivity index (χ0n) is 9.48. The van der Waals surface area contributed by atoms with E-state index >= 15 is 0 Å². The Morgan fingerprint density at radius 1 is 1.22 bits per heavy atom. The number of rotatable bonds is 3. The summed E-state index contributed by atoms with van der Waals surface area (Å²) in [4.78, 5) is 4.17. The molecular weight excluding hydrogens is 253 g/mol. The summed E-state index contributed by atoms with van der Waals surface area (Å²) in [5.74, 6) is -0.195. The van der Waals surface area contributed by atoms with E-state index in [1.54, 1.807) is 30.5 Å². The van der Waals surface area contributed by atoms with E-state index in [0.717, 1.165) is 5.56 Å². The molecule has 2 nitrogen and oxygen atoms in total. The molecular formula is C14H11ClFNO. The van der Waals surface area contributed by atoms with Crippen molar-refractivity contribution in [3.05, 3.63) is 64.4 Å². The monoisotopic (exact) mass is 263 g/mol. The maximum absolute atomic E-state index is 12.8. The summed E-state index contributed by atoms with van der Waals surface area (Å²) in [6.45, 7) is 0.341. The summed E-state index contributed by atoms with van der Waals surface area (Å²) in [6.07, 6.45) is 1.56. The normalized spacial score (nSPS) is 11.0. The molecule has 0 bridgehead atoms. The molecule has 0 atom stereocenters. The van der Waals surface area contributed by atoms with Crippen molar-refractivity contribution in [3.63, 3.8) is 0 Å². The molecule has 0 aliphatic carbocycles. The van der Waals surface area contributed by atoms with E-state index in [0.29, 0.717) is 17.1 Å². The van der Waals surface area contributed by atoms with Gasteiger partial charge in [0, 0.05) is 16.8 Å². The largest absolute Gasteiger partial charge is 0.507 e. The molecule has 0 saturated heterocycles. The number of benzene rings is 2. The van der Waals surface area contributed by atoms with Crippen molar-refractivity contribution in [3.8, 4) is 5.75 Å². The lowest BCUT2D eigenvalue weighted by Gasteiger charge is -2.01. The quantitative estimate of drug-likeness (QED) is 0.840. The Morgan fingerprint density at radius 2 is 2.00 bits per heavy atom. The van der Waals surface area contributed by atoms with Gasteiger partial charge in [-0.2, -0.15) is 0 Å². The highest BCUT2D eigenvalue weighted by molar-refractivity contribution is 6.31. The Bertz CT molecular complexity index is 584. The minimum Gasteiger partial charge on any atom is -0.507 e. The highest BCUT2D eigenvalue weighted by Crippen LogP contribution is 2.18. The van der Waals surface area contributed by atoms with Crippen LogP contribution in [0.1, 0.15) is 11.1 Å². The Kier molecular flexibility index (Phi) is 3.95. The number of phenolic OH excluding ortho intramolecular Hbond substituents is 1. The van der Waals surface area contributed by atoms with Gasteiger partial charge in [0.05, 0.1) is 6.54 Å². The summed E-state index contributed by atoms with van der Waals surface area (Å²) < 4.78 is 12.8. The molecule has 18 heavy (non-hydrogen) atoms. The van der Waals surface area contributed by atoms with E-state index in [4.69, 9.17) is 11.6 Å². The van der Waals surface area contributed by atoms with Gasteiger partial charge in [0.2, 0.25) is 0 Å². The lowest BCUT2D eigenvalue weighted by Crippen LogP contribution is -1.87. The van der Waals surface area contributed by atoms with Gasteiger partial charge in [-0.05, 0) is 29.8 Å². The zero-order chi connectivity index (χ0) is 13.0. The van der Waals surface area contributed by atoms with Crippen LogP contribution in [0.4, 0.5) is 4.39 Å². The molecule has 0 aliphatic heterocycles. The van der Waals surface area contributed by atoms with E-state index in [2.05, 4.69) is 4.99 Å². The number of hydrogen-bond acceptors (Lipinski definition) is 2. The molecule has 0 unspecified atom stereocenters. The van der Waals surface area contributed by atoms with Gasteiger partial charge >= 0.3 is 0 Å². The van der Waals surface area contributed by atoms with Gasteiger partial charge in [0.15, 0.2) is 0 Å². The van der Waals surface area contributed by atoms with Crippen LogP contribution in [0.15, 0.2) is 47.5 Å². The van der Waals surface area contributed by atoms with Gasteiger partial charge < -0.3 is 5.11 Å². The lowest BCUT2D eigenvalue weighted by molar-refractivity contribution is 0.474. The van der Waals surface area contributed by atoms with Gasteiger partial charge in [0.25, 0.3) is 0 Å². The Hall–Kier alpha value is -1.87. The van der Waals surface area contributed by atoms with Crippen LogP contribution < -0.4 is 0 Å². The molecule has 92 valence electrons. The first-order valence-electron chi connectivity index (χ1n) is 5.38. The predicted molar refractivity (Wildman–Crippen MR) is 70.8 cm³/mol. The number of hydrogen-bond donors (Lipinski definition) is 1. The van der Waals surface area contributed by atoms with Gasteiger partial charge in [0.1, 0.15) is 11.6 Å². The van der Waals surface area contributed by atoms with E-state index in [-0.39, 0.29) is 11.6 Å². The number of halogens is 2. The van der Waals surface area contributed by atoms with Crippen molar-refractivity contribution >= 4 is 17.8 Å². The number of aromatic hydroxyl groups is 1. The van der Waals surface area contributed by atoms with Crippen LogP contribution in [0.3, 0.4) is 0 Å². The van der Waals surface area contributed by atoms with E-state index in [1.165, 1.54) is 12.1 Å². The first-order chi connectivity index (χ1) is 8.66. The van der Waals surface area contributed by atoms with E-state index in [9.17, 15) is 9.50 Å². The summed E-state index contributed by atoms with van der Waals surface area (Å²) in [5.41, 5.74) is 1.38. The SMILES string of the molecule is Oc1ccccc1C=NCc1ccc(F)cc1Cl. The highest BCUT2D eigenvalue weighted by atomic mass is 35.5. The van der Waals surface area contributed by atoms with Crippen LogP contribution >= 0.6 is 11.6 Å². The Labute approximate surface area is 109 Å². The first kappa shape index (κ1) is 12.6. The summed E-state index contributed by atoms with van der Waals surface area (Å²) in [7, 11) is 0. The van der Waals surface area contributed by atoms with E-state index in [1.807, 2.05) is 6.07 Å². The standard InChI is InChI=1S/C14H11ClFNO/c15-13-7-12(16)6-5-10(13)8-17-9-11-3-1-2-4-14(11)18/h1-7,9,18H,8H2. The van der Waals surface area contributed by atoms with Crippen LogP contribution in [-0.4, -0.2) is 11.3 Å². The van der Waals surface area contributed by atoms with Crippen molar-refractivity contribution in [1.29, 1.82) is 0 Å². The molecule has 0 saturated carbocycles. The second kappa shape index (κ2) is 5.65. The smallest absolute Gasteiger partial charge is 0.124 e. The molecule has 1 N–H and O–H groups in total. The Balaban J connectivity index is 2.10. The van der Waals surface area contributed by atoms with Crippen molar-refractivity contribution in [1.82, 2.24) is 0 Å². The van der Waals surface area contributed by atoms with Crippen LogP contribution in [0.2, 0.25) is 5.02 Å². The molecule has 4 heteroatoms. The number of phenols is 1.